The third-order valence-electron chi connectivity index (χ3n) is 1.96. The third-order valence-corrected chi connectivity index (χ3v) is 1.96. The Hall–Kier alpha value is -1.23. The molecule has 0 fully saturated rings. The summed E-state index contributed by atoms with van der Waals surface area (Å²) in [6.07, 6.45) is -4.00. The summed E-state index contributed by atoms with van der Waals surface area (Å²) in [4.78, 5) is 0. The van der Waals surface area contributed by atoms with Crippen molar-refractivity contribution >= 4 is 0 Å². The van der Waals surface area contributed by atoms with E-state index in [4.69, 9.17) is 5.73 Å². The average molecular weight is 219 g/mol. The lowest BCUT2D eigenvalue weighted by Crippen LogP contribution is -2.17. The van der Waals surface area contributed by atoms with Crippen LogP contribution in [0.1, 0.15) is 24.9 Å². The molecule has 0 aliphatic heterocycles. The maximum absolute atomic E-state index is 11.9. The lowest BCUT2D eigenvalue weighted by Gasteiger charge is -2.12. The van der Waals surface area contributed by atoms with E-state index in [1.165, 1.54) is 18.2 Å². The molecule has 15 heavy (non-hydrogen) atoms. The fraction of sp³-hybridized carbons (Fsp3) is 0.400. The summed E-state index contributed by atoms with van der Waals surface area (Å²) in [5.74, 6) is -0.232. The van der Waals surface area contributed by atoms with E-state index in [1.54, 1.807) is 6.07 Å². The van der Waals surface area contributed by atoms with Gasteiger partial charge in [-0.15, -0.1) is 13.2 Å². The zero-order valence-electron chi connectivity index (χ0n) is 8.21. The molecule has 1 atom stereocenters. The molecule has 0 unspecified atom stereocenters. The van der Waals surface area contributed by atoms with Gasteiger partial charge in [-0.2, -0.15) is 0 Å². The van der Waals surface area contributed by atoms with Crippen molar-refractivity contribution < 1.29 is 17.9 Å². The molecule has 0 saturated heterocycles. The molecule has 0 spiro atoms. The number of halogens is 3. The van der Waals surface area contributed by atoms with Gasteiger partial charge in [-0.3, -0.25) is 0 Å². The molecule has 2 nitrogen and oxygen atoms in total. The van der Waals surface area contributed by atoms with Crippen molar-refractivity contribution in [3.63, 3.8) is 0 Å². The average Bonchev–Trinajstić information content (AvgIpc) is 2.14. The Morgan fingerprint density at radius 3 is 2.60 bits per heavy atom. The Morgan fingerprint density at radius 1 is 1.40 bits per heavy atom. The van der Waals surface area contributed by atoms with Crippen molar-refractivity contribution in [3.8, 4) is 5.75 Å². The summed E-state index contributed by atoms with van der Waals surface area (Å²) in [5.41, 5.74) is 6.33. The van der Waals surface area contributed by atoms with Crippen molar-refractivity contribution in [1.82, 2.24) is 0 Å². The number of ether oxygens (including phenoxy) is 1. The minimum Gasteiger partial charge on any atom is -0.406 e. The molecule has 1 aromatic carbocycles. The van der Waals surface area contributed by atoms with E-state index in [-0.39, 0.29) is 11.8 Å². The highest BCUT2D eigenvalue weighted by Gasteiger charge is 2.31. The Kier molecular flexibility index (Phi) is 3.57. The fourth-order valence-electron chi connectivity index (χ4n) is 1.18. The Morgan fingerprint density at radius 2 is 2.07 bits per heavy atom. The molecular weight excluding hydrogens is 207 g/mol. The minimum absolute atomic E-state index is 0.232. The van der Waals surface area contributed by atoms with Crippen molar-refractivity contribution in [2.75, 3.05) is 0 Å². The van der Waals surface area contributed by atoms with Gasteiger partial charge >= 0.3 is 6.36 Å². The van der Waals surface area contributed by atoms with Crippen LogP contribution in [-0.4, -0.2) is 6.36 Å². The lowest BCUT2D eigenvalue weighted by molar-refractivity contribution is -0.274. The Labute approximate surface area is 85.8 Å². The first-order chi connectivity index (χ1) is 6.92. The molecule has 0 radical (unpaired) electrons. The van der Waals surface area contributed by atoms with E-state index >= 15 is 0 Å². The molecule has 1 aromatic rings. The number of hydrogen-bond acceptors (Lipinski definition) is 2. The van der Waals surface area contributed by atoms with Crippen LogP contribution in [0.4, 0.5) is 13.2 Å². The summed E-state index contributed by atoms with van der Waals surface area (Å²) >= 11 is 0. The lowest BCUT2D eigenvalue weighted by atomic mass is 10.1. The van der Waals surface area contributed by atoms with Crippen molar-refractivity contribution in [2.45, 2.75) is 25.7 Å². The molecule has 84 valence electrons. The summed E-state index contributed by atoms with van der Waals surface area (Å²) in [7, 11) is 0. The Bertz CT molecular complexity index is 325. The molecule has 2 N–H and O–H groups in total. The largest absolute Gasteiger partial charge is 0.573 e. The minimum atomic E-state index is -4.66. The summed E-state index contributed by atoms with van der Waals surface area (Å²) < 4.78 is 39.5. The maximum Gasteiger partial charge on any atom is 0.573 e. The second-order valence-electron chi connectivity index (χ2n) is 3.14. The highest BCUT2D eigenvalue weighted by molar-refractivity contribution is 5.30. The quantitative estimate of drug-likeness (QED) is 0.848. The van der Waals surface area contributed by atoms with Gasteiger partial charge in [0, 0.05) is 6.04 Å². The molecular formula is C10H12F3NO. The van der Waals surface area contributed by atoms with Crippen LogP contribution < -0.4 is 10.5 Å². The highest BCUT2D eigenvalue weighted by Crippen LogP contribution is 2.25. The van der Waals surface area contributed by atoms with E-state index in [0.29, 0.717) is 12.0 Å². The van der Waals surface area contributed by atoms with Gasteiger partial charge in [-0.25, -0.2) is 0 Å². The van der Waals surface area contributed by atoms with E-state index < -0.39 is 6.36 Å². The van der Waals surface area contributed by atoms with E-state index in [9.17, 15) is 13.2 Å². The van der Waals surface area contributed by atoms with Gasteiger partial charge in [0.05, 0.1) is 0 Å². The van der Waals surface area contributed by atoms with Crippen molar-refractivity contribution in [3.05, 3.63) is 29.8 Å². The third kappa shape index (κ3) is 3.79. The van der Waals surface area contributed by atoms with Crippen LogP contribution in [0.5, 0.6) is 5.75 Å². The van der Waals surface area contributed by atoms with Crippen LogP contribution in [0.3, 0.4) is 0 Å². The van der Waals surface area contributed by atoms with E-state index in [2.05, 4.69) is 4.74 Å². The van der Waals surface area contributed by atoms with E-state index in [1.807, 2.05) is 6.92 Å². The zero-order chi connectivity index (χ0) is 11.5. The molecule has 0 aromatic heterocycles. The van der Waals surface area contributed by atoms with Crippen LogP contribution in [-0.2, 0) is 0 Å². The van der Waals surface area contributed by atoms with Crippen LogP contribution in [0.25, 0.3) is 0 Å². The fourth-order valence-corrected chi connectivity index (χ4v) is 1.18. The predicted octanol–water partition coefficient (Wildman–Crippen LogP) is 3.00. The molecule has 0 bridgehead atoms. The first-order valence-corrected chi connectivity index (χ1v) is 4.53. The highest BCUT2D eigenvalue weighted by atomic mass is 19.4. The zero-order valence-corrected chi connectivity index (χ0v) is 8.21. The smallest absolute Gasteiger partial charge is 0.406 e. The molecule has 1 rings (SSSR count). The summed E-state index contributed by atoms with van der Waals surface area (Å²) in [5, 5.41) is 0. The molecule has 5 heteroatoms. The van der Waals surface area contributed by atoms with Crippen LogP contribution in [0.15, 0.2) is 24.3 Å². The van der Waals surface area contributed by atoms with Gasteiger partial charge in [0.15, 0.2) is 0 Å². The monoisotopic (exact) mass is 219 g/mol. The number of alkyl halides is 3. The normalized spacial score (nSPS) is 13.7. The topological polar surface area (TPSA) is 35.2 Å². The van der Waals surface area contributed by atoms with Crippen molar-refractivity contribution in [1.29, 1.82) is 0 Å². The van der Waals surface area contributed by atoms with E-state index in [0.717, 1.165) is 0 Å². The van der Waals surface area contributed by atoms with Gasteiger partial charge in [0.25, 0.3) is 0 Å². The first kappa shape index (κ1) is 11.8. The standard InChI is InChI=1S/C10H12F3NO/c1-2-9(14)7-4-3-5-8(6-7)15-10(11,12)13/h3-6,9H,2,14H2,1H3/t9-/m0/s1. The second kappa shape index (κ2) is 4.53. The first-order valence-electron chi connectivity index (χ1n) is 4.53. The second-order valence-corrected chi connectivity index (χ2v) is 3.14. The SMILES string of the molecule is CC[C@H](N)c1cccc(OC(F)(F)F)c1. The van der Waals surface area contributed by atoms with Crippen LogP contribution >= 0.6 is 0 Å². The number of nitrogens with two attached hydrogens (primary N) is 1. The summed E-state index contributed by atoms with van der Waals surface area (Å²) in [6.45, 7) is 1.86. The van der Waals surface area contributed by atoms with Gasteiger partial charge in [0.2, 0.25) is 0 Å². The molecule has 0 aliphatic rings. The van der Waals surface area contributed by atoms with Crippen LogP contribution in [0, 0.1) is 0 Å². The molecule has 0 saturated carbocycles. The predicted molar refractivity (Wildman–Crippen MR) is 50.3 cm³/mol. The molecule has 0 amide bonds. The van der Waals surface area contributed by atoms with Gasteiger partial charge in [-0.05, 0) is 24.1 Å². The molecule has 0 aliphatic carbocycles. The molecule has 0 heterocycles. The maximum atomic E-state index is 11.9. The Balaban J connectivity index is 2.83. The number of benzene rings is 1. The van der Waals surface area contributed by atoms with Gasteiger partial charge in [-0.1, -0.05) is 19.1 Å². The van der Waals surface area contributed by atoms with Gasteiger partial charge in [0.1, 0.15) is 5.75 Å². The summed E-state index contributed by atoms with van der Waals surface area (Å²) in [6, 6.07) is 5.46. The van der Waals surface area contributed by atoms with Gasteiger partial charge < -0.3 is 10.5 Å². The van der Waals surface area contributed by atoms with Crippen molar-refractivity contribution in [2.24, 2.45) is 5.73 Å². The van der Waals surface area contributed by atoms with Crippen LogP contribution in [0.2, 0.25) is 0 Å². The number of rotatable bonds is 3. The number of hydrogen-bond donors (Lipinski definition) is 1.